The van der Waals surface area contributed by atoms with E-state index in [4.69, 9.17) is 19.2 Å². The molecule has 25 heavy (non-hydrogen) atoms. The Morgan fingerprint density at radius 1 is 0.480 bits per heavy atom. The summed E-state index contributed by atoms with van der Waals surface area (Å²) in [4.78, 5) is 53.6. The van der Waals surface area contributed by atoms with Crippen LogP contribution in [-0.4, -0.2) is 36.7 Å². The third-order valence-corrected chi connectivity index (χ3v) is 0. The van der Waals surface area contributed by atoms with Gasteiger partial charge in [0.25, 0.3) is 0 Å². The van der Waals surface area contributed by atoms with Crippen LogP contribution in [0.5, 0.6) is 0 Å². The van der Waals surface area contributed by atoms with Gasteiger partial charge in [-0.3, -0.25) is 25.1 Å². The molecule has 0 aliphatic rings. The molecule has 0 aliphatic heterocycles. The van der Waals surface area contributed by atoms with E-state index < -0.39 is 0 Å². The Bertz CT molecular complexity index is 192. The predicted octanol–water partition coefficient (Wildman–Crippen LogP) is 1.29. The normalized spacial score (nSPS) is 4.16. The van der Waals surface area contributed by atoms with Crippen LogP contribution in [0.15, 0.2) is 0 Å². The average molecular weight is 438 g/mol. The van der Waals surface area contributed by atoms with Crippen LogP contribution in [0.1, 0.15) is 55.4 Å². The van der Waals surface area contributed by atoms with Crippen molar-refractivity contribution >= 4 is 36.7 Å². The maximum atomic E-state index is 9.44. The zero-order valence-corrected chi connectivity index (χ0v) is 18.4. The molecule has 0 amide bonds. The number of rotatable bonds is 0. The maximum Gasteiger partial charge on any atom is 0.126 e. The molecular weight excluding hydrogens is 414 g/mol. The van der Waals surface area contributed by atoms with E-state index in [1.54, 1.807) is 0 Å². The monoisotopic (exact) mass is 438 g/mol. The summed E-state index contributed by atoms with van der Waals surface area (Å²) in [6.07, 6.45) is 6.00. The Labute approximate surface area is 174 Å². The first-order valence-corrected chi connectivity index (χ1v) is 5.22. The Kier molecular flexibility index (Phi) is 410. The zero-order valence-electron chi connectivity index (χ0n) is 15.6. The summed E-state index contributed by atoms with van der Waals surface area (Å²) in [7, 11) is 0. The minimum absolute atomic E-state index is 0. The third-order valence-electron chi connectivity index (χ3n) is 0. The van der Waals surface area contributed by atoms with E-state index in [1.165, 1.54) is 80.5 Å². The van der Waals surface area contributed by atoms with Crippen molar-refractivity contribution in [2.75, 3.05) is 0 Å². The molecule has 0 saturated carbocycles. The van der Waals surface area contributed by atoms with E-state index in [0.717, 1.165) is 0 Å². The molecule has 0 aromatic rings. The first-order chi connectivity index (χ1) is 9.12. The molecule has 0 heterocycles. The summed E-state index contributed by atoms with van der Waals surface area (Å²) >= 11 is 0. The van der Waals surface area contributed by atoms with E-state index in [0.29, 0.717) is 0 Å². The van der Waals surface area contributed by atoms with Crippen LogP contribution in [0.2, 0.25) is 0 Å². The van der Waals surface area contributed by atoms with Crippen LogP contribution in [-0.2, 0) is 82.3 Å². The van der Waals surface area contributed by atoms with E-state index >= 15 is 0 Å². The predicted molar refractivity (Wildman–Crippen MR) is 80.2 cm³/mol. The number of carbonyl (C=O) groups is 2. The molecule has 0 aromatic carbocycles. The fourth-order valence-electron chi connectivity index (χ4n) is 0. The van der Waals surface area contributed by atoms with E-state index in [-0.39, 0.29) is 65.1 Å². The summed E-state index contributed by atoms with van der Waals surface area (Å²) in [5, 5.41) is 0. The molecule has 0 atom stereocenters. The third kappa shape index (κ3) is 11800. The van der Waals surface area contributed by atoms with Gasteiger partial charge in [0.05, 0.1) is 0 Å². The molecule has 154 valence electrons. The molecule has 0 spiro atoms. The fourth-order valence-corrected chi connectivity index (χ4v) is 0. The molecule has 0 N–H and O–H groups in total. The SMILES string of the molecule is CC(C)=O.CC(C)=O.C[C-]=O.C[C-]=O.C[C-]=O.C[C-]=O.[O-2].[O-2].[O-2].[V].[V]. The molecule has 2 radical (unpaired) electrons. The average Bonchev–Trinajstić information content (AvgIpc) is 2.18. The van der Waals surface area contributed by atoms with E-state index in [9.17, 15) is 9.59 Å². The summed E-state index contributed by atoms with van der Waals surface area (Å²) in [6.45, 7) is 11.4. The molecule has 0 aromatic heterocycles. The topological polar surface area (TPSA) is 188 Å². The zero-order chi connectivity index (χ0) is 18.0. The van der Waals surface area contributed by atoms with Crippen LogP contribution in [0, 0.1) is 0 Å². The second-order valence-corrected chi connectivity index (χ2v) is 2.63. The summed E-state index contributed by atoms with van der Waals surface area (Å²) < 4.78 is 0. The smallest absolute Gasteiger partial charge is 0.126 e. The molecule has 11 heteroatoms. The van der Waals surface area contributed by atoms with Crippen molar-refractivity contribution in [1.29, 1.82) is 0 Å². The van der Waals surface area contributed by atoms with Gasteiger partial charge in [-0.1, -0.05) is 0 Å². The van der Waals surface area contributed by atoms with Crippen molar-refractivity contribution in [2.45, 2.75) is 55.4 Å². The Morgan fingerprint density at radius 3 is 0.480 bits per heavy atom. The maximum absolute atomic E-state index is 9.44. The minimum Gasteiger partial charge on any atom is -2.00 e. The van der Waals surface area contributed by atoms with E-state index in [2.05, 4.69) is 0 Å². The molecule has 0 saturated heterocycles. The van der Waals surface area contributed by atoms with Crippen LogP contribution in [0.4, 0.5) is 0 Å². The van der Waals surface area contributed by atoms with Gasteiger partial charge in [-0.05, 0) is 27.7 Å². The summed E-state index contributed by atoms with van der Waals surface area (Å²) in [5.41, 5.74) is 0. The van der Waals surface area contributed by atoms with Gasteiger partial charge in [-0.25, -0.2) is 0 Å². The van der Waals surface area contributed by atoms with Crippen molar-refractivity contribution in [2.24, 2.45) is 0 Å². The van der Waals surface area contributed by atoms with Crippen molar-refractivity contribution in [3.63, 3.8) is 0 Å². The number of ketones is 2. The van der Waals surface area contributed by atoms with Crippen LogP contribution < -0.4 is 0 Å². The molecule has 0 bridgehead atoms. The standard InChI is InChI=1S/2C3H6O.4C2H3O.3O.2V/c2*1-3(2)4;4*1-2-3;;;;;/h2*1-2H3;4*1H3;;;;;/q;;4*-1;3*-2;;. The first kappa shape index (κ1) is 75.0. The van der Waals surface area contributed by atoms with Crippen LogP contribution in [0.25, 0.3) is 0 Å². The number of Topliss-reactive ketones (excluding diaryl/α,β-unsaturated/α-hetero) is 2. The number of hydrogen-bond donors (Lipinski definition) is 0. The quantitative estimate of drug-likeness (QED) is 0.512. The summed E-state index contributed by atoms with van der Waals surface area (Å²) in [6, 6.07) is 0. The van der Waals surface area contributed by atoms with Crippen molar-refractivity contribution in [1.82, 2.24) is 0 Å². The molecule has 0 rings (SSSR count). The molecule has 0 aliphatic carbocycles. The van der Waals surface area contributed by atoms with Gasteiger partial charge in [-0.2, -0.15) is 27.7 Å². The fraction of sp³-hybridized carbons (Fsp3) is 0.571. The van der Waals surface area contributed by atoms with Crippen LogP contribution in [0.3, 0.4) is 0 Å². The van der Waals surface area contributed by atoms with Gasteiger partial charge in [-0.15, -0.1) is 0 Å². The second-order valence-electron chi connectivity index (χ2n) is 2.63. The second kappa shape index (κ2) is 137. The van der Waals surface area contributed by atoms with Crippen molar-refractivity contribution in [3.05, 3.63) is 0 Å². The van der Waals surface area contributed by atoms with Gasteiger partial charge < -0.3 is 45.2 Å². The minimum atomic E-state index is 0. The summed E-state index contributed by atoms with van der Waals surface area (Å²) in [5.74, 6) is 0.333. The van der Waals surface area contributed by atoms with Gasteiger partial charge in [0.1, 0.15) is 11.6 Å². The van der Waals surface area contributed by atoms with Gasteiger partial charge in [0, 0.05) is 37.1 Å². The molecule has 0 fully saturated rings. The van der Waals surface area contributed by atoms with Gasteiger partial charge in [0.15, 0.2) is 0 Å². The molecular formula is C14H24O9V2-10. The van der Waals surface area contributed by atoms with Crippen molar-refractivity contribution in [3.8, 4) is 0 Å². The Balaban J connectivity index is -0.0000000101. The largest absolute Gasteiger partial charge is 2.00 e. The molecule has 9 nitrogen and oxygen atoms in total. The van der Waals surface area contributed by atoms with Crippen molar-refractivity contribution < 1.29 is 82.3 Å². The Morgan fingerprint density at radius 2 is 0.480 bits per heavy atom. The Hall–Kier alpha value is -0.931. The van der Waals surface area contributed by atoms with Crippen LogP contribution >= 0.6 is 0 Å². The number of hydrogen-bond acceptors (Lipinski definition) is 6. The first-order valence-electron chi connectivity index (χ1n) is 5.22. The van der Waals surface area contributed by atoms with Gasteiger partial charge >= 0.3 is 0 Å². The van der Waals surface area contributed by atoms with Gasteiger partial charge in [0.2, 0.25) is 0 Å². The van der Waals surface area contributed by atoms with E-state index in [1.807, 2.05) is 0 Å². The molecule has 0 unspecified atom stereocenters. The number of carbonyl (C=O) groups excluding carboxylic acids is 6.